The molecule has 0 bridgehead atoms. The van der Waals surface area contributed by atoms with Crippen LogP contribution in [0.15, 0.2) is 77.1 Å². The Morgan fingerprint density at radius 3 is 2.59 bits per heavy atom. The van der Waals surface area contributed by atoms with Crippen LogP contribution in [-0.4, -0.2) is 51.1 Å². The molecule has 3 aromatic rings. The number of ether oxygens (including phenoxy) is 3. The number of carbonyl (C=O) groups is 2. The number of carbonyl (C=O) groups excluding carboxylic acids is 2. The van der Waals surface area contributed by atoms with Gasteiger partial charge in [-0.1, -0.05) is 30.8 Å². The third-order valence-corrected chi connectivity index (χ3v) is 7.20. The predicted molar refractivity (Wildman–Crippen MR) is 163 cm³/mol. The smallest absolute Gasteiger partial charge is 0.490 e. The van der Waals surface area contributed by atoms with Crippen LogP contribution in [0, 0.1) is 6.92 Å². The van der Waals surface area contributed by atoms with Gasteiger partial charge >= 0.3 is 12.4 Å². The Morgan fingerprint density at radius 1 is 1.17 bits per heavy atom. The van der Waals surface area contributed by atoms with Crippen molar-refractivity contribution in [1.82, 2.24) is 20.1 Å². The number of nitrogens with one attached hydrogen (secondary N) is 1. The van der Waals surface area contributed by atoms with Crippen LogP contribution in [0.4, 0.5) is 28.0 Å². The topological polar surface area (TPSA) is 120 Å². The van der Waals surface area contributed by atoms with E-state index in [1.54, 1.807) is 6.92 Å². The number of hydrogen-bond donors (Lipinski definition) is 1. The fraction of sp³-hybridized carbons (Fsp3) is 0.300. The maximum atomic E-state index is 15.1. The number of rotatable bonds is 11. The van der Waals surface area contributed by atoms with Gasteiger partial charge in [0.05, 0.1) is 35.2 Å². The summed E-state index contributed by atoms with van der Waals surface area (Å²) in [5.41, 5.74) is 2.59. The van der Waals surface area contributed by atoms with E-state index in [2.05, 4.69) is 25.1 Å². The Bertz CT molecular complexity index is 1670. The molecule has 2 aromatic carbocycles. The number of thioether (sulfide) groups is 1. The number of nitrogens with zero attached hydrogens (tertiary/aromatic N) is 5. The standard InChI is InChI=1S/C30H30F4N6O5S/c1-5-24(36-28(42)37-29-40(27(41)16-46-29)25-12-18(2)6-7-20(25)14-43-4)23(31)13-19(3)44-15-26-35-17-39(38-26)21-8-10-22(11-9-21)45-30(32,33)34/h6-13,17H,5,14-16H2,1-4H3,(H,36,42)/b19-13+,24-23-,37-29-. The number of halogens is 4. The molecule has 0 atom stereocenters. The molecule has 0 radical (unpaired) electrons. The summed E-state index contributed by atoms with van der Waals surface area (Å²) in [7, 11) is 1.54. The Hall–Kier alpha value is -4.70. The number of amidine groups is 1. The van der Waals surface area contributed by atoms with E-state index in [9.17, 15) is 22.8 Å². The molecular formula is C30H30F4N6O5S. The van der Waals surface area contributed by atoms with Crippen molar-refractivity contribution in [2.75, 3.05) is 17.8 Å². The number of aryl methyl sites for hydroxylation is 1. The first-order valence-corrected chi connectivity index (χ1v) is 14.8. The van der Waals surface area contributed by atoms with Gasteiger partial charge in [-0.25, -0.2) is 18.9 Å². The van der Waals surface area contributed by atoms with Crippen molar-refractivity contribution in [3.8, 4) is 11.4 Å². The first-order chi connectivity index (χ1) is 21.9. The van der Waals surface area contributed by atoms with E-state index < -0.39 is 18.2 Å². The molecule has 16 heteroatoms. The van der Waals surface area contributed by atoms with E-state index in [4.69, 9.17) is 9.47 Å². The number of anilines is 1. The number of aliphatic imine (C=N–C) groups is 1. The van der Waals surface area contributed by atoms with Crippen molar-refractivity contribution in [1.29, 1.82) is 0 Å². The van der Waals surface area contributed by atoms with Gasteiger partial charge < -0.3 is 19.5 Å². The van der Waals surface area contributed by atoms with Crippen molar-refractivity contribution in [3.05, 3.63) is 89.1 Å². The van der Waals surface area contributed by atoms with Gasteiger partial charge in [0.2, 0.25) is 5.91 Å². The van der Waals surface area contributed by atoms with E-state index in [1.165, 1.54) is 42.1 Å². The molecule has 1 N–H and O–H groups in total. The lowest BCUT2D eigenvalue weighted by atomic mass is 10.1. The molecule has 1 aromatic heterocycles. The van der Waals surface area contributed by atoms with Crippen LogP contribution in [-0.2, 0) is 27.5 Å². The molecular weight excluding hydrogens is 632 g/mol. The molecule has 11 nitrogen and oxygen atoms in total. The lowest BCUT2D eigenvalue weighted by Gasteiger charge is -2.20. The molecule has 1 aliphatic heterocycles. The highest BCUT2D eigenvalue weighted by atomic mass is 32.2. The zero-order valence-corrected chi connectivity index (χ0v) is 26.0. The summed E-state index contributed by atoms with van der Waals surface area (Å²) in [6.45, 7) is 5.15. The van der Waals surface area contributed by atoms with Crippen molar-refractivity contribution >= 4 is 34.6 Å². The molecule has 0 saturated carbocycles. The molecule has 46 heavy (non-hydrogen) atoms. The minimum atomic E-state index is -4.80. The van der Waals surface area contributed by atoms with E-state index in [-0.39, 0.29) is 59.5 Å². The molecule has 1 saturated heterocycles. The summed E-state index contributed by atoms with van der Waals surface area (Å²) < 4.78 is 68.2. The van der Waals surface area contributed by atoms with E-state index in [1.807, 2.05) is 25.1 Å². The number of benzene rings is 2. The van der Waals surface area contributed by atoms with Crippen LogP contribution in [0.25, 0.3) is 5.69 Å². The predicted octanol–water partition coefficient (Wildman–Crippen LogP) is 6.48. The lowest BCUT2D eigenvalue weighted by molar-refractivity contribution is -0.274. The highest BCUT2D eigenvalue weighted by molar-refractivity contribution is 8.15. The second kappa shape index (κ2) is 15.1. The third-order valence-electron chi connectivity index (χ3n) is 6.28. The fourth-order valence-electron chi connectivity index (χ4n) is 4.18. The van der Waals surface area contributed by atoms with Crippen LogP contribution in [0.5, 0.6) is 5.75 Å². The normalized spacial score (nSPS) is 15.3. The van der Waals surface area contributed by atoms with Gasteiger partial charge in [0.1, 0.15) is 24.5 Å². The molecule has 244 valence electrons. The van der Waals surface area contributed by atoms with E-state index >= 15 is 4.39 Å². The largest absolute Gasteiger partial charge is 0.573 e. The number of aromatic nitrogens is 3. The maximum Gasteiger partial charge on any atom is 0.573 e. The van der Waals surface area contributed by atoms with Crippen LogP contribution in [0.3, 0.4) is 0 Å². The second-order valence-corrected chi connectivity index (χ2v) is 10.7. The summed E-state index contributed by atoms with van der Waals surface area (Å²) in [4.78, 5) is 35.1. The fourth-order valence-corrected chi connectivity index (χ4v) is 5.03. The molecule has 3 amide bonds. The Balaban J connectivity index is 1.40. The van der Waals surface area contributed by atoms with Crippen LogP contribution < -0.4 is 15.0 Å². The number of methoxy groups -OCH3 is 1. The minimum absolute atomic E-state index is 0.0471. The van der Waals surface area contributed by atoms with Gasteiger partial charge in [-0.05, 0) is 56.2 Å². The van der Waals surface area contributed by atoms with Crippen molar-refractivity contribution in [2.24, 2.45) is 4.99 Å². The van der Waals surface area contributed by atoms with Gasteiger partial charge in [0.15, 0.2) is 11.0 Å². The number of amides is 3. The van der Waals surface area contributed by atoms with Crippen molar-refractivity contribution in [2.45, 2.75) is 46.8 Å². The average molecular weight is 663 g/mol. The van der Waals surface area contributed by atoms with Crippen LogP contribution in [0.1, 0.15) is 37.2 Å². The van der Waals surface area contributed by atoms with Gasteiger partial charge in [-0.15, -0.1) is 18.3 Å². The summed E-state index contributed by atoms with van der Waals surface area (Å²) in [5, 5.41) is 6.82. The van der Waals surface area contributed by atoms with Gasteiger partial charge in [-0.3, -0.25) is 9.69 Å². The van der Waals surface area contributed by atoms with Gasteiger partial charge in [0, 0.05) is 18.7 Å². The summed E-state index contributed by atoms with van der Waals surface area (Å²) in [6, 6.07) is 9.72. The lowest BCUT2D eigenvalue weighted by Crippen LogP contribution is -2.32. The summed E-state index contributed by atoms with van der Waals surface area (Å²) in [5.74, 6) is -0.918. The first kappa shape index (κ1) is 34.2. The van der Waals surface area contributed by atoms with Crippen LogP contribution >= 0.6 is 11.8 Å². The molecule has 1 fully saturated rings. The molecule has 0 spiro atoms. The summed E-state index contributed by atoms with van der Waals surface area (Å²) in [6.07, 6.45) is -2.24. The average Bonchev–Trinajstić information content (AvgIpc) is 3.61. The Kier molecular flexibility index (Phi) is 11.2. The van der Waals surface area contributed by atoms with E-state index in [0.717, 1.165) is 41.1 Å². The number of hydrogen-bond acceptors (Lipinski definition) is 8. The van der Waals surface area contributed by atoms with Crippen molar-refractivity contribution < 1.29 is 41.4 Å². The van der Waals surface area contributed by atoms with Gasteiger partial charge in [0.25, 0.3) is 0 Å². The molecule has 1 aliphatic rings. The molecule has 0 aliphatic carbocycles. The molecule has 2 heterocycles. The Labute approximate surface area is 265 Å². The quantitative estimate of drug-likeness (QED) is 0.141. The van der Waals surface area contributed by atoms with Gasteiger partial charge in [-0.2, -0.15) is 4.99 Å². The summed E-state index contributed by atoms with van der Waals surface area (Å²) >= 11 is 1.10. The molecule has 4 rings (SSSR count). The highest BCUT2D eigenvalue weighted by Gasteiger charge is 2.32. The number of alkyl halides is 3. The second-order valence-electron chi connectivity index (χ2n) is 9.78. The van der Waals surface area contributed by atoms with Crippen molar-refractivity contribution in [3.63, 3.8) is 0 Å². The minimum Gasteiger partial charge on any atom is -0.490 e. The highest BCUT2D eigenvalue weighted by Crippen LogP contribution is 2.31. The van der Waals surface area contributed by atoms with E-state index in [0.29, 0.717) is 11.4 Å². The molecule has 0 unspecified atom stereocenters. The number of urea groups is 1. The first-order valence-electron chi connectivity index (χ1n) is 13.8. The SMILES string of the molecule is CC/C(NC(=O)/N=C1\SCC(=O)N1c1cc(C)ccc1COC)=C(F)\C=C(/C)OCc1ncn(-c2ccc(OC(F)(F)F)cc2)n1. The zero-order valence-electron chi connectivity index (χ0n) is 25.2. The maximum absolute atomic E-state index is 15.1. The number of allylic oxidation sites excluding steroid dienone is 4. The monoisotopic (exact) mass is 662 g/mol. The van der Waals surface area contributed by atoms with Crippen LogP contribution in [0.2, 0.25) is 0 Å². The zero-order chi connectivity index (χ0) is 33.4. The Morgan fingerprint density at radius 2 is 1.91 bits per heavy atom. The third kappa shape index (κ3) is 9.17.